The lowest BCUT2D eigenvalue weighted by atomic mass is 10.1. The molecular weight excluding hydrogens is 370 g/mol. The summed E-state index contributed by atoms with van der Waals surface area (Å²) < 4.78 is 10.2. The third-order valence-electron chi connectivity index (χ3n) is 4.59. The van der Waals surface area contributed by atoms with Gasteiger partial charge in [0.15, 0.2) is 5.82 Å². The average Bonchev–Trinajstić information content (AvgIpc) is 3.10. The number of nitrogens with zero attached hydrogens (tertiary/aromatic N) is 2. The molecule has 0 unspecified atom stereocenters. The van der Waals surface area contributed by atoms with Crippen molar-refractivity contribution in [3.8, 4) is 10.9 Å². The van der Waals surface area contributed by atoms with Crippen LogP contribution < -0.4 is 10.1 Å². The lowest BCUT2D eigenvalue weighted by Crippen LogP contribution is -2.36. The first-order chi connectivity index (χ1) is 13.4. The largest absolute Gasteiger partial charge is 0.430 e. The van der Waals surface area contributed by atoms with Crippen molar-refractivity contribution in [3.63, 3.8) is 0 Å². The zero-order valence-corrected chi connectivity index (χ0v) is 17.4. The summed E-state index contributed by atoms with van der Waals surface area (Å²) in [5, 5.41) is 3.47. The standard InChI is InChI=1S/C22H25N3O2S/c1-14(2)16(4)23-21(26)18-6-5-7-19(13-18)27-22-24-20(25-28-22)12-17-10-8-15(3)9-11-17/h5-11,13-14,16H,12H2,1-4H3,(H,23,26)/t16-/m1/s1. The number of nitrogens with one attached hydrogen (secondary N) is 1. The Kier molecular flexibility index (Phi) is 6.41. The second kappa shape index (κ2) is 8.97. The first-order valence-electron chi connectivity index (χ1n) is 9.37. The molecule has 1 N–H and O–H groups in total. The molecular formula is C22H25N3O2S. The lowest BCUT2D eigenvalue weighted by molar-refractivity contribution is 0.0930. The Morgan fingerprint density at radius 2 is 1.89 bits per heavy atom. The number of aromatic nitrogens is 2. The van der Waals surface area contributed by atoms with Gasteiger partial charge < -0.3 is 10.1 Å². The average molecular weight is 396 g/mol. The van der Waals surface area contributed by atoms with Crippen LogP contribution in [0.2, 0.25) is 0 Å². The molecule has 1 amide bonds. The van der Waals surface area contributed by atoms with Crippen molar-refractivity contribution < 1.29 is 9.53 Å². The molecule has 0 saturated carbocycles. The van der Waals surface area contributed by atoms with Gasteiger partial charge in [-0.3, -0.25) is 4.79 Å². The van der Waals surface area contributed by atoms with Gasteiger partial charge in [-0.15, -0.1) is 0 Å². The second-order valence-corrected chi connectivity index (χ2v) is 7.99. The number of carbonyl (C=O) groups excluding carboxylic acids is 1. The molecule has 0 radical (unpaired) electrons. The normalized spacial score (nSPS) is 12.0. The Labute approximate surface area is 170 Å². The van der Waals surface area contributed by atoms with E-state index < -0.39 is 0 Å². The molecule has 0 aliphatic carbocycles. The number of benzene rings is 2. The zero-order chi connectivity index (χ0) is 20.1. The Morgan fingerprint density at radius 3 is 2.61 bits per heavy atom. The molecule has 0 aliphatic rings. The second-order valence-electron chi connectivity index (χ2n) is 7.27. The SMILES string of the molecule is Cc1ccc(Cc2nsc(Oc3cccc(C(=O)N[C@H](C)C(C)C)c3)n2)cc1. The Hall–Kier alpha value is -2.73. The summed E-state index contributed by atoms with van der Waals surface area (Å²) in [4.78, 5) is 16.9. The molecule has 2 aromatic carbocycles. The highest BCUT2D eigenvalue weighted by molar-refractivity contribution is 7.07. The van der Waals surface area contributed by atoms with Crippen LogP contribution in [-0.4, -0.2) is 21.3 Å². The molecule has 1 aromatic heterocycles. The number of rotatable bonds is 7. The van der Waals surface area contributed by atoms with Crippen LogP contribution in [0.5, 0.6) is 10.9 Å². The van der Waals surface area contributed by atoms with Crippen molar-refractivity contribution in [2.75, 3.05) is 0 Å². The third-order valence-corrected chi connectivity index (χ3v) is 5.23. The van der Waals surface area contributed by atoms with E-state index in [-0.39, 0.29) is 11.9 Å². The lowest BCUT2D eigenvalue weighted by Gasteiger charge is -2.17. The van der Waals surface area contributed by atoms with Crippen molar-refractivity contribution in [3.05, 3.63) is 71.0 Å². The highest BCUT2D eigenvalue weighted by atomic mass is 32.1. The van der Waals surface area contributed by atoms with Crippen LogP contribution in [0.3, 0.4) is 0 Å². The van der Waals surface area contributed by atoms with Crippen LogP contribution in [0.1, 0.15) is 48.1 Å². The minimum absolute atomic E-state index is 0.101. The van der Waals surface area contributed by atoms with Gasteiger partial charge in [0.25, 0.3) is 11.1 Å². The number of amides is 1. The highest BCUT2D eigenvalue weighted by Crippen LogP contribution is 2.25. The predicted octanol–water partition coefficient (Wildman–Crippen LogP) is 5.00. The Balaban J connectivity index is 1.65. The van der Waals surface area contributed by atoms with Crippen LogP contribution in [0.15, 0.2) is 48.5 Å². The number of aryl methyl sites for hydroxylation is 1. The first kappa shape index (κ1) is 20.0. The van der Waals surface area contributed by atoms with E-state index in [0.29, 0.717) is 28.8 Å². The molecule has 0 spiro atoms. The number of hydrogen-bond acceptors (Lipinski definition) is 5. The van der Waals surface area contributed by atoms with Crippen LogP contribution in [0.4, 0.5) is 0 Å². The smallest absolute Gasteiger partial charge is 0.298 e. The van der Waals surface area contributed by atoms with E-state index in [1.165, 1.54) is 17.1 Å². The molecule has 1 atom stereocenters. The van der Waals surface area contributed by atoms with Crippen molar-refractivity contribution >= 4 is 17.4 Å². The van der Waals surface area contributed by atoms with E-state index in [2.05, 4.69) is 59.7 Å². The van der Waals surface area contributed by atoms with Crippen LogP contribution in [0, 0.1) is 12.8 Å². The Bertz CT molecular complexity index is 935. The fourth-order valence-electron chi connectivity index (χ4n) is 2.50. The number of carbonyl (C=O) groups is 1. The van der Waals surface area contributed by atoms with Gasteiger partial charge in [-0.2, -0.15) is 9.36 Å². The van der Waals surface area contributed by atoms with Crippen LogP contribution in [-0.2, 0) is 6.42 Å². The van der Waals surface area contributed by atoms with Gasteiger partial charge in [0.2, 0.25) is 0 Å². The number of ether oxygens (including phenoxy) is 1. The summed E-state index contributed by atoms with van der Waals surface area (Å²) in [5.41, 5.74) is 2.95. The summed E-state index contributed by atoms with van der Waals surface area (Å²) in [6, 6.07) is 15.5. The molecule has 3 rings (SSSR count). The molecule has 5 nitrogen and oxygen atoms in total. The third kappa shape index (κ3) is 5.39. The van der Waals surface area contributed by atoms with Gasteiger partial charge in [0, 0.05) is 29.6 Å². The fraction of sp³-hybridized carbons (Fsp3) is 0.318. The van der Waals surface area contributed by atoms with Gasteiger partial charge >= 0.3 is 0 Å². The summed E-state index contributed by atoms with van der Waals surface area (Å²) in [5.74, 6) is 1.56. The van der Waals surface area contributed by atoms with Crippen molar-refractivity contribution in [2.24, 2.45) is 5.92 Å². The number of hydrogen-bond donors (Lipinski definition) is 1. The summed E-state index contributed by atoms with van der Waals surface area (Å²) in [6.45, 7) is 8.22. The molecule has 1 heterocycles. The quantitative estimate of drug-likeness (QED) is 0.611. The first-order valence-corrected chi connectivity index (χ1v) is 10.1. The molecule has 3 aromatic rings. The van der Waals surface area contributed by atoms with E-state index in [9.17, 15) is 4.79 Å². The minimum atomic E-state index is -0.107. The molecule has 0 bridgehead atoms. The topological polar surface area (TPSA) is 64.1 Å². The molecule has 0 aliphatic heterocycles. The van der Waals surface area contributed by atoms with Crippen molar-refractivity contribution in [2.45, 2.75) is 40.2 Å². The highest BCUT2D eigenvalue weighted by Gasteiger charge is 2.14. The predicted molar refractivity (Wildman–Crippen MR) is 112 cm³/mol. The van der Waals surface area contributed by atoms with Gasteiger partial charge in [-0.05, 0) is 43.5 Å². The maximum atomic E-state index is 12.4. The maximum absolute atomic E-state index is 12.4. The van der Waals surface area contributed by atoms with Crippen molar-refractivity contribution in [1.82, 2.24) is 14.7 Å². The zero-order valence-electron chi connectivity index (χ0n) is 16.6. The van der Waals surface area contributed by atoms with Crippen LogP contribution >= 0.6 is 11.5 Å². The van der Waals surface area contributed by atoms with Crippen LogP contribution in [0.25, 0.3) is 0 Å². The Morgan fingerprint density at radius 1 is 1.14 bits per heavy atom. The molecule has 0 fully saturated rings. The van der Waals surface area contributed by atoms with E-state index in [4.69, 9.17) is 4.74 Å². The summed E-state index contributed by atoms with van der Waals surface area (Å²) >= 11 is 1.21. The van der Waals surface area contributed by atoms with E-state index in [0.717, 1.165) is 11.4 Å². The molecule has 146 valence electrons. The van der Waals surface area contributed by atoms with E-state index in [1.807, 2.05) is 13.0 Å². The molecule has 0 saturated heterocycles. The van der Waals surface area contributed by atoms with E-state index >= 15 is 0 Å². The van der Waals surface area contributed by atoms with Gasteiger partial charge in [-0.1, -0.05) is 49.7 Å². The maximum Gasteiger partial charge on any atom is 0.298 e. The van der Waals surface area contributed by atoms with E-state index in [1.54, 1.807) is 18.2 Å². The minimum Gasteiger partial charge on any atom is -0.430 e. The monoisotopic (exact) mass is 395 g/mol. The fourth-order valence-corrected chi connectivity index (χ4v) is 3.07. The summed E-state index contributed by atoms with van der Waals surface area (Å²) in [6.07, 6.45) is 0.662. The van der Waals surface area contributed by atoms with Gasteiger partial charge in [0.05, 0.1) is 0 Å². The molecule has 28 heavy (non-hydrogen) atoms. The molecule has 6 heteroatoms. The van der Waals surface area contributed by atoms with Crippen molar-refractivity contribution in [1.29, 1.82) is 0 Å². The summed E-state index contributed by atoms with van der Waals surface area (Å²) in [7, 11) is 0. The van der Waals surface area contributed by atoms with Gasteiger partial charge in [0.1, 0.15) is 5.75 Å². The van der Waals surface area contributed by atoms with Gasteiger partial charge in [-0.25, -0.2) is 0 Å².